The number of hydrogen-bond donors (Lipinski definition) is 2. The Morgan fingerprint density at radius 3 is 2.77 bits per heavy atom. The lowest BCUT2D eigenvalue weighted by Gasteiger charge is -2.11. The number of aryl methyl sites for hydroxylation is 1. The van der Waals surface area contributed by atoms with Gasteiger partial charge in [-0.1, -0.05) is 44.7 Å². The second-order valence-corrected chi connectivity index (χ2v) is 9.76. The van der Waals surface area contributed by atoms with Crippen molar-refractivity contribution in [2.75, 3.05) is 24.2 Å². The van der Waals surface area contributed by atoms with Crippen molar-refractivity contribution in [3.8, 4) is 0 Å². The summed E-state index contributed by atoms with van der Waals surface area (Å²) in [6.07, 6.45) is 3.44. The van der Waals surface area contributed by atoms with Gasteiger partial charge in [-0.15, -0.1) is 0 Å². The van der Waals surface area contributed by atoms with Crippen LogP contribution in [0.2, 0.25) is 0 Å². The van der Waals surface area contributed by atoms with E-state index in [9.17, 15) is 9.59 Å². The molecule has 1 amide bonds. The normalized spacial score (nSPS) is 11.4. The molecule has 184 valence electrons. The molecule has 0 bridgehead atoms. The van der Waals surface area contributed by atoms with E-state index in [-0.39, 0.29) is 24.4 Å². The molecule has 0 aliphatic carbocycles. The molecular weight excluding hydrogens is 464 g/mol. The van der Waals surface area contributed by atoms with Crippen LogP contribution in [0.25, 0.3) is 21.9 Å². The summed E-state index contributed by atoms with van der Waals surface area (Å²) in [7, 11) is 0. The molecule has 0 radical (unpaired) electrons. The quantitative estimate of drug-likeness (QED) is 0.241. The van der Waals surface area contributed by atoms with Crippen LogP contribution < -0.4 is 16.2 Å². The Morgan fingerprint density at radius 1 is 1.14 bits per heavy atom. The summed E-state index contributed by atoms with van der Waals surface area (Å²) >= 11 is 1.58. The average molecular weight is 495 g/mol. The topological polar surface area (TPSA) is 120 Å². The Kier molecular flexibility index (Phi) is 7.96. The molecule has 0 unspecified atom stereocenters. The zero-order chi connectivity index (χ0) is 24.8. The van der Waals surface area contributed by atoms with E-state index in [0.717, 1.165) is 29.1 Å². The Labute approximate surface area is 207 Å². The van der Waals surface area contributed by atoms with Gasteiger partial charge < -0.3 is 10.6 Å². The summed E-state index contributed by atoms with van der Waals surface area (Å²) in [5, 5.41) is 12.9. The second-order valence-electron chi connectivity index (χ2n) is 8.53. The standard InChI is InChI=1S/C24H30N8O2S/c1-4-35-24-29-21(26-13-16(2)3)18-14-28-32(22(18)30-24)12-10-25-20(33)9-11-31-15-27-19-8-6-5-7-17(19)23(31)34/h5-8,14-16H,4,9-13H2,1-3H3,(H,25,33)(H,26,29,30). The molecule has 4 rings (SSSR count). The lowest BCUT2D eigenvalue weighted by atomic mass is 10.2. The summed E-state index contributed by atoms with van der Waals surface area (Å²) < 4.78 is 3.26. The van der Waals surface area contributed by atoms with E-state index in [4.69, 9.17) is 0 Å². The molecule has 35 heavy (non-hydrogen) atoms. The van der Waals surface area contributed by atoms with Crippen molar-refractivity contribution in [2.24, 2.45) is 5.92 Å². The first-order valence-corrected chi connectivity index (χ1v) is 12.8. The summed E-state index contributed by atoms with van der Waals surface area (Å²) in [5.74, 6) is 1.99. The maximum Gasteiger partial charge on any atom is 0.261 e. The highest BCUT2D eigenvalue weighted by Gasteiger charge is 2.14. The second kappa shape index (κ2) is 11.3. The van der Waals surface area contributed by atoms with Crippen molar-refractivity contribution >= 4 is 45.4 Å². The van der Waals surface area contributed by atoms with Gasteiger partial charge in [-0.3, -0.25) is 14.2 Å². The number of benzene rings is 1. The highest BCUT2D eigenvalue weighted by Crippen LogP contribution is 2.24. The number of thioether (sulfide) groups is 1. The van der Waals surface area contributed by atoms with Gasteiger partial charge in [-0.2, -0.15) is 5.10 Å². The SMILES string of the molecule is CCSc1nc(NCC(C)C)c2cnn(CCNC(=O)CCn3cnc4ccccc4c3=O)c2n1. The van der Waals surface area contributed by atoms with Crippen molar-refractivity contribution in [1.29, 1.82) is 0 Å². The largest absolute Gasteiger partial charge is 0.369 e. The highest BCUT2D eigenvalue weighted by molar-refractivity contribution is 7.99. The molecule has 0 saturated heterocycles. The third-order valence-corrected chi connectivity index (χ3v) is 6.11. The predicted molar refractivity (Wildman–Crippen MR) is 139 cm³/mol. The minimum atomic E-state index is -0.145. The lowest BCUT2D eigenvalue weighted by Crippen LogP contribution is -2.30. The number of nitrogens with one attached hydrogen (secondary N) is 2. The zero-order valence-corrected chi connectivity index (χ0v) is 21.0. The summed E-state index contributed by atoms with van der Waals surface area (Å²) in [4.78, 5) is 38.6. The van der Waals surface area contributed by atoms with Crippen LogP contribution in [0.15, 0.2) is 46.7 Å². The third-order valence-electron chi connectivity index (χ3n) is 5.38. The number of rotatable bonds is 11. The minimum absolute atomic E-state index is 0.141. The number of anilines is 1. The highest BCUT2D eigenvalue weighted by atomic mass is 32.2. The molecular formula is C24H30N8O2S. The van der Waals surface area contributed by atoms with Crippen LogP contribution in [0.4, 0.5) is 5.82 Å². The van der Waals surface area contributed by atoms with E-state index in [2.05, 4.69) is 51.5 Å². The number of fused-ring (bicyclic) bond motifs is 2. The van der Waals surface area contributed by atoms with Gasteiger partial charge in [-0.05, 0) is 23.8 Å². The molecule has 2 N–H and O–H groups in total. The van der Waals surface area contributed by atoms with Gasteiger partial charge in [0.05, 0.1) is 35.4 Å². The fourth-order valence-electron chi connectivity index (χ4n) is 3.61. The molecule has 0 saturated carbocycles. The maximum absolute atomic E-state index is 12.6. The summed E-state index contributed by atoms with van der Waals surface area (Å²) in [6.45, 7) is 8.30. The molecule has 0 aliphatic heterocycles. The van der Waals surface area contributed by atoms with Crippen molar-refractivity contribution in [2.45, 2.75) is 45.4 Å². The van der Waals surface area contributed by atoms with Crippen LogP contribution >= 0.6 is 11.8 Å². The monoisotopic (exact) mass is 494 g/mol. The van der Waals surface area contributed by atoms with Crippen molar-refractivity contribution < 1.29 is 4.79 Å². The van der Waals surface area contributed by atoms with Crippen LogP contribution in [0.1, 0.15) is 27.2 Å². The summed E-state index contributed by atoms with van der Waals surface area (Å²) in [5.41, 5.74) is 1.25. The molecule has 0 aliphatic rings. The fourth-order valence-corrected chi connectivity index (χ4v) is 4.17. The van der Waals surface area contributed by atoms with Gasteiger partial charge >= 0.3 is 0 Å². The number of carbonyl (C=O) groups excluding carboxylic acids is 1. The average Bonchev–Trinajstić information content (AvgIpc) is 3.25. The molecule has 3 heterocycles. The molecule has 1 aromatic carbocycles. The molecule has 0 fully saturated rings. The van der Waals surface area contributed by atoms with Crippen LogP contribution in [-0.4, -0.2) is 54.0 Å². The minimum Gasteiger partial charge on any atom is -0.369 e. The Bertz CT molecular complexity index is 1380. The van der Waals surface area contributed by atoms with Crippen LogP contribution in [0.3, 0.4) is 0 Å². The van der Waals surface area contributed by atoms with Gasteiger partial charge in [0, 0.05) is 26.1 Å². The van der Waals surface area contributed by atoms with Gasteiger partial charge in [0.25, 0.3) is 5.56 Å². The zero-order valence-electron chi connectivity index (χ0n) is 20.2. The van der Waals surface area contributed by atoms with Gasteiger partial charge in [0.2, 0.25) is 5.91 Å². The van der Waals surface area contributed by atoms with Gasteiger partial charge in [-0.25, -0.2) is 19.6 Å². The van der Waals surface area contributed by atoms with E-state index in [1.165, 1.54) is 10.9 Å². The van der Waals surface area contributed by atoms with E-state index in [1.807, 2.05) is 6.07 Å². The van der Waals surface area contributed by atoms with E-state index in [0.29, 0.717) is 35.1 Å². The third kappa shape index (κ3) is 5.97. The summed E-state index contributed by atoms with van der Waals surface area (Å²) in [6, 6.07) is 7.19. The Balaban J connectivity index is 1.37. The van der Waals surface area contributed by atoms with Gasteiger partial charge in [0.15, 0.2) is 10.8 Å². The Morgan fingerprint density at radius 2 is 1.97 bits per heavy atom. The number of amides is 1. The van der Waals surface area contributed by atoms with Crippen LogP contribution in [0, 0.1) is 5.92 Å². The van der Waals surface area contributed by atoms with E-state index < -0.39 is 0 Å². The molecule has 10 nitrogen and oxygen atoms in total. The molecule has 3 aromatic heterocycles. The maximum atomic E-state index is 12.6. The van der Waals surface area contributed by atoms with Crippen molar-refractivity contribution in [3.63, 3.8) is 0 Å². The number of hydrogen-bond acceptors (Lipinski definition) is 8. The molecule has 4 aromatic rings. The molecule has 0 spiro atoms. The molecule has 0 atom stereocenters. The van der Waals surface area contributed by atoms with E-state index in [1.54, 1.807) is 40.8 Å². The van der Waals surface area contributed by atoms with E-state index >= 15 is 0 Å². The van der Waals surface area contributed by atoms with Crippen molar-refractivity contribution in [3.05, 3.63) is 47.1 Å². The fraction of sp³-hybridized carbons (Fsp3) is 0.417. The van der Waals surface area contributed by atoms with Crippen molar-refractivity contribution in [1.82, 2.24) is 34.6 Å². The molecule has 11 heteroatoms. The van der Waals surface area contributed by atoms with Crippen LogP contribution in [-0.2, 0) is 17.9 Å². The number of aromatic nitrogens is 6. The van der Waals surface area contributed by atoms with Gasteiger partial charge in [0.1, 0.15) is 5.82 Å². The predicted octanol–water partition coefficient (Wildman–Crippen LogP) is 2.92. The number of carbonyl (C=O) groups is 1. The number of nitrogens with zero attached hydrogens (tertiary/aromatic N) is 6. The first kappa shape index (κ1) is 24.6. The first-order chi connectivity index (χ1) is 17.0. The first-order valence-electron chi connectivity index (χ1n) is 11.8. The van der Waals surface area contributed by atoms with Crippen LogP contribution in [0.5, 0.6) is 0 Å². The number of para-hydroxylation sites is 1. The Hall–Kier alpha value is -3.47. The lowest BCUT2D eigenvalue weighted by molar-refractivity contribution is -0.121. The smallest absolute Gasteiger partial charge is 0.261 e.